The van der Waals surface area contributed by atoms with Crippen molar-refractivity contribution in [3.63, 3.8) is 0 Å². The van der Waals surface area contributed by atoms with Crippen LogP contribution in [0.1, 0.15) is 0 Å². The molecular formula is C10H20O6. The summed E-state index contributed by atoms with van der Waals surface area (Å²) in [5.41, 5.74) is 0. The lowest BCUT2D eigenvalue weighted by Gasteiger charge is -2.42. The van der Waals surface area contributed by atoms with Crippen LogP contribution >= 0.6 is 0 Å². The first-order chi connectivity index (χ1) is 7.69. The van der Waals surface area contributed by atoms with E-state index in [1.165, 1.54) is 7.11 Å². The fourth-order valence-electron chi connectivity index (χ4n) is 2.00. The fraction of sp³-hybridized carbons (Fsp3) is 1.00. The van der Waals surface area contributed by atoms with Gasteiger partial charge in [0.15, 0.2) is 6.29 Å². The van der Waals surface area contributed by atoms with Gasteiger partial charge >= 0.3 is 0 Å². The summed E-state index contributed by atoms with van der Waals surface area (Å²) in [4.78, 5) is 0. The number of methoxy groups -OCH3 is 4. The Hall–Kier alpha value is -0.240. The summed E-state index contributed by atoms with van der Waals surface area (Å²) < 4.78 is 26.1. The Bertz CT molecular complexity index is 200. The van der Waals surface area contributed by atoms with E-state index in [2.05, 4.69) is 0 Å². The van der Waals surface area contributed by atoms with Crippen molar-refractivity contribution < 1.29 is 28.8 Å². The summed E-state index contributed by atoms with van der Waals surface area (Å²) in [5.74, 6) is 0. The van der Waals surface area contributed by atoms with Crippen LogP contribution in [-0.4, -0.2) is 70.9 Å². The molecule has 1 fully saturated rings. The smallest absolute Gasteiger partial charge is 0.184 e. The molecule has 0 saturated carbocycles. The average molecular weight is 236 g/mol. The van der Waals surface area contributed by atoms with Crippen molar-refractivity contribution in [1.29, 1.82) is 0 Å². The Balaban J connectivity index is 2.78. The van der Waals surface area contributed by atoms with Gasteiger partial charge in [0, 0.05) is 28.4 Å². The van der Waals surface area contributed by atoms with Crippen LogP contribution in [0, 0.1) is 0 Å². The lowest BCUT2D eigenvalue weighted by molar-refractivity contribution is -0.300. The van der Waals surface area contributed by atoms with E-state index in [-0.39, 0.29) is 18.3 Å². The number of rotatable bonds is 5. The highest BCUT2D eigenvalue weighted by Crippen LogP contribution is 2.25. The zero-order valence-corrected chi connectivity index (χ0v) is 10.1. The molecule has 0 unspecified atom stereocenters. The summed E-state index contributed by atoms with van der Waals surface area (Å²) in [6.45, 7) is 0.325. The van der Waals surface area contributed by atoms with Gasteiger partial charge in [-0.2, -0.15) is 0 Å². The van der Waals surface area contributed by atoms with Crippen LogP contribution in [0.2, 0.25) is 0 Å². The minimum atomic E-state index is -1.04. The molecule has 16 heavy (non-hydrogen) atoms. The zero-order chi connectivity index (χ0) is 12.1. The molecule has 0 aromatic rings. The summed E-state index contributed by atoms with van der Waals surface area (Å²) >= 11 is 0. The van der Waals surface area contributed by atoms with Crippen LogP contribution in [0.5, 0.6) is 0 Å². The molecule has 1 aliphatic rings. The second-order valence-electron chi connectivity index (χ2n) is 3.62. The molecule has 1 rings (SSSR count). The van der Waals surface area contributed by atoms with E-state index in [4.69, 9.17) is 23.7 Å². The van der Waals surface area contributed by atoms with Crippen molar-refractivity contribution in [2.75, 3.05) is 35.0 Å². The second-order valence-corrected chi connectivity index (χ2v) is 3.62. The largest absolute Gasteiger partial charge is 0.382 e. The van der Waals surface area contributed by atoms with Gasteiger partial charge in [0.2, 0.25) is 0 Å². The lowest BCUT2D eigenvalue weighted by Crippen LogP contribution is -2.60. The van der Waals surface area contributed by atoms with Gasteiger partial charge in [0.1, 0.15) is 24.4 Å². The van der Waals surface area contributed by atoms with Crippen LogP contribution < -0.4 is 0 Å². The van der Waals surface area contributed by atoms with E-state index in [1.54, 1.807) is 21.3 Å². The third-order valence-corrected chi connectivity index (χ3v) is 2.76. The maximum absolute atomic E-state index is 9.74. The van der Waals surface area contributed by atoms with E-state index >= 15 is 0 Å². The van der Waals surface area contributed by atoms with Gasteiger partial charge in [-0.1, -0.05) is 0 Å². The summed E-state index contributed by atoms with van der Waals surface area (Å²) in [6.07, 6.45) is -2.71. The highest BCUT2D eigenvalue weighted by molar-refractivity contribution is 4.91. The molecule has 0 aromatic heterocycles. The Kier molecular flexibility index (Phi) is 5.60. The van der Waals surface area contributed by atoms with E-state index in [0.717, 1.165) is 0 Å². The van der Waals surface area contributed by atoms with Crippen LogP contribution in [0.3, 0.4) is 0 Å². The van der Waals surface area contributed by atoms with E-state index in [0.29, 0.717) is 6.61 Å². The first kappa shape index (κ1) is 13.8. The molecule has 1 aliphatic heterocycles. The second kappa shape index (κ2) is 6.48. The first-order valence-corrected chi connectivity index (χ1v) is 5.10. The number of aliphatic hydroxyl groups is 1. The Morgan fingerprint density at radius 1 is 0.938 bits per heavy atom. The molecule has 1 heterocycles. The van der Waals surface area contributed by atoms with Crippen molar-refractivity contribution in [1.82, 2.24) is 0 Å². The monoisotopic (exact) mass is 236 g/mol. The topological polar surface area (TPSA) is 66.4 Å². The van der Waals surface area contributed by atoms with Gasteiger partial charge in [-0.25, -0.2) is 0 Å². The Morgan fingerprint density at radius 3 is 1.94 bits per heavy atom. The van der Waals surface area contributed by atoms with Gasteiger partial charge in [0.05, 0.1) is 6.61 Å². The van der Waals surface area contributed by atoms with Crippen molar-refractivity contribution >= 4 is 0 Å². The average Bonchev–Trinajstić information content (AvgIpc) is 2.28. The van der Waals surface area contributed by atoms with Gasteiger partial charge in [-0.15, -0.1) is 0 Å². The van der Waals surface area contributed by atoms with Gasteiger partial charge < -0.3 is 28.8 Å². The third kappa shape index (κ3) is 2.71. The maximum Gasteiger partial charge on any atom is 0.184 e. The fourth-order valence-corrected chi connectivity index (χ4v) is 2.00. The lowest BCUT2D eigenvalue weighted by atomic mass is 9.98. The SMILES string of the molecule is COC[C@@H]1O[C@@H](O)[C@H](OC)[C@@H](OC)[C@@H]1OC. The van der Waals surface area contributed by atoms with Crippen LogP contribution in [-0.2, 0) is 23.7 Å². The van der Waals surface area contributed by atoms with E-state index in [1.807, 2.05) is 0 Å². The molecule has 96 valence electrons. The van der Waals surface area contributed by atoms with Gasteiger partial charge in [0.25, 0.3) is 0 Å². The third-order valence-electron chi connectivity index (χ3n) is 2.76. The molecule has 0 aliphatic carbocycles. The van der Waals surface area contributed by atoms with Crippen molar-refractivity contribution in [2.24, 2.45) is 0 Å². The quantitative estimate of drug-likeness (QED) is 0.687. The number of aliphatic hydroxyl groups excluding tert-OH is 1. The highest BCUT2D eigenvalue weighted by Gasteiger charge is 2.46. The Morgan fingerprint density at radius 2 is 1.50 bits per heavy atom. The van der Waals surface area contributed by atoms with E-state index < -0.39 is 12.4 Å². The molecule has 0 radical (unpaired) electrons. The number of hydrogen-bond acceptors (Lipinski definition) is 6. The molecule has 0 amide bonds. The van der Waals surface area contributed by atoms with Gasteiger partial charge in [-0.05, 0) is 0 Å². The van der Waals surface area contributed by atoms with Gasteiger partial charge in [-0.3, -0.25) is 0 Å². The van der Waals surface area contributed by atoms with Crippen LogP contribution in [0.4, 0.5) is 0 Å². The predicted molar refractivity (Wildman–Crippen MR) is 55.1 cm³/mol. The first-order valence-electron chi connectivity index (χ1n) is 5.10. The van der Waals surface area contributed by atoms with Crippen molar-refractivity contribution in [3.05, 3.63) is 0 Å². The minimum absolute atomic E-state index is 0.325. The summed E-state index contributed by atoms with van der Waals surface area (Å²) in [5, 5.41) is 9.74. The highest BCUT2D eigenvalue weighted by atomic mass is 16.7. The molecule has 1 saturated heterocycles. The predicted octanol–water partition coefficient (Wildman–Crippen LogP) is -0.605. The molecule has 6 heteroatoms. The van der Waals surface area contributed by atoms with E-state index in [9.17, 15) is 5.11 Å². The standard InChI is InChI=1S/C10H20O6/c1-12-5-6-7(13-2)8(14-3)9(15-4)10(11)16-6/h6-11H,5H2,1-4H3/t6-,7+,8-,9+,10+/m0/s1. The van der Waals surface area contributed by atoms with Crippen molar-refractivity contribution in [2.45, 2.75) is 30.7 Å². The zero-order valence-electron chi connectivity index (χ0n) is 10.1. The van der Waals surface area contributed by atoms with Crippen LogP contribution in [0.25, 0.3) is 0 Å². The van der Waals surface area contributed by atoms with Crippen LogP contribution in [0.15, 0.2) is 0 Å². The normalized spacial score (nSPS) is 39.9. The number of hydrogen-bond donors (Lipinski definition) is 1. The summed E-state index contributed by atoms with van der Waals surface area (Å²) in [6, 6.07) is 0. The maximum atomic E-state index is 9.74. The summed E-state index contributed by atoms with van der Waals surface area (Å²) in [7, 11) is 6.16. The molecule has 5 atom stereocenters. The molecular weight excluding hydrogens is 216 g/mol. The van der Waals surface area contributed by atoms with Crippen molar-refractivity contribution in [3.8, 4) is 0 Å². The molecule has 0 spiro atoms. The minimum Gasteiger partial charge on any atom is -0.382 e. The number of ether oxygens (including phenoxy) is 5. The molecule has 0 aromatic carbocycles. The molecule has 6 nitrogen and oxygen atoms in total. The molecule has 0 bridgehead atoms. The molecule has 1 N–H and O–H groups in total. The Labute approximate surface area is 95.4 Å².